The molecule has 8 nitrogen and oxygen atoms in total. The zero-order chi connectivity index (χ0) is 26.7. The van der Waals surface area contributed by atoms with Crippen molar-refractivity contribution >= 4 is 25.8 Å². The number of hydrogen-bond donors (Lipinski definition) is 1. The number of rotatable bonds is 8. The lowest BCUT2D eigenvalue weighted by molar-refractivity contribution is -0.132. The highest BCUT2D eigenvalue weighted by molar-refractivity contribution is 7.93. The minimum atomic E-state index is -3.82. The average Bonchev–Trinajstić information content (AvgIpc) is 2.82. The minimum Gasteiger partial charge on any atom is -0.497 e. The molecule has 0 saturated carbocycles. The smallest absolute Gasteiger partial charge is 0.243 e. The Hall–Kier alpha value is -2.69. The van der Waals surface area contributed by atoms with Gasteiger partial charge >= 0.3 is 0 Å². The summed E-state index contributed by atoms with van der Waals surface area (Å²) in [4.78, 5) is 13.2. The van der Waals surface area contributed by atoms with Crippen LogP contribution in [0.3, 0.4) is 0 Å². The number of benzene rings is 2. The number of nitrogens with one attached hydrogen (secondary N) is 1. The summed E-state index contributed by atoms with van der Waals surface area (Å²) in [5, 5.41) is 3.89. The summed E-state index contributed by atoms with van der Waals surface area (Å²) < 4.78 is 56.8. The number of ether oxygens (including phenoxy) is 1. The Morgan fingerprint density at radius 2 is 1.78 bits per heavy atom. The quantitative estimate of drug-likeness (QED) is 0.555. The third kappa shape index (κ3) is 6.54. The fourth-order valence-corrected chi connectivity index (χ4v) is 6.32. The molecule has 1 aliphatic heterocycles. The van der Waals surface area contributed by atoms with Crippen LogP contribution in [0, 0.1) is 12.3 Å². The normalized spacial score (nSPS) is 17.6. The Labute approximate surface area is 214 Å². The molecular formula is C26H34N2O6S2. The Morgan fingerprint density at radius 1 is 1.11 bits per heavy atom. The first-order valence-electron chi connectivity index (χ1n) is 11.7. The highest BCUT2D eigenvalue weighted by atomic mass is 32.2. The van der Waals surface area contributed by atoms with E-state index in [-0.39, 0.29) is 23.9 Å². The van der Waals surface area contributed by atoms with Crippen molar-refractivity contribution < 1.29 is 26.4 Å². The molecule has 1 saturated heterocycles. The van der Waals surface area contributed by atoms with Gasteiger partial charge in [-0.3, -0.25) is 4.79 Å². The number of hydrogen-bond acceptors (Lipinski definition) is 6. The lowest BCUT2D eigenvalue weighted by Crippen LogP contribution is -2.50. The predicted octanol–water partition coefficient (Wildman–Crippen LogP) is 3.52. The van der Waals surface area contributed by atoms with Gasteiger partial charge in [-0.25, -0.2) is 16.8 Å². The van der Waals surface area contributed by atoms with Gasteiger partial charge in [0.1, 0.15) is 5.75 Å². The molecule has 1 N–H and O–H groups in total. The van der Waals surface area contributed by atoms with Crippen molar-refractivity contribution in [2.24, 2.45) is 5.41 Å². The van der Waals surface area contributed by atoms with Crippen molar-refractivity contribution in [3.05, 3.63) is 59.5 Å². The highest BCUT2D eigenvalue weighted by Crippen LogP contribution is 2.37. The Balaban J connectivity index is 1.80. The van der Waals surface area contributed by atoms with Crippen LogP contribution in [0.2, 0.25) is 0 Å². The molecule has 196 valence electrons. The Bertz CT molecular complexity index is 1360. The second kappa shape index (κ2) is 10.7. The molecule has 2 aromatic rings. The molecule has 1 aliphatic rings. The van der Waals surface area contributed by atoms with Crippen LogP contribution in [0.5, 0.6) is 5.75 Å². The van der Waals surface area contributed by atoms with Gasteiger partial charge in [-0.1, -0.05) is 42.8 Å². The number of carbonyl (C=O) groups is 1. The number of sulfonamides is 1. The summed E-state index contributed by atoms with van der Waals surface area (Å²) in [6.45, 7) is 5.82. The van der Waals surface area contributed by atoms with E-state index in [9.17, 15) is 21.6 Å². The van der Waals surface area contributed by atoms with E-state index in [0.29, 0.717) is 24.2 Å². The largest absolute Gasteiger partial charge is 0.497 e. The number of piperidine rings is 1. The summed E-state index contributed by atoms with van der Waals surface area (Å²) in [6, 6.07) is 12.1. The third-order valence-corrected chi connectivity index (χ3v) is 9.09. The highest BCUT2D eigenvalue weighted by Gasteiger charge is 2.41. The predicted molar refractivity (Wildman–Crippen MR) is 141 cm³/mol. The van der Waals surface area contributed by atoms with Crippen molar-refractivity contribution in [1.82, 2.24) is 9.62 Å². The van der Waals surface area contributed by atoms with Crippen molar-refractivity contribution in [3.63, 3.8) is 0 Å². The molecule has 1 fully saturated rings. The van der Waals surface area contributed by atoms with Crippen LogP contribution >= 0.6 is 0 Å². The van der Waals surface area contributed by atoms with Crippen molar-refractivity contribution in [2.45, 2.75) is 44.6 Å². The molecular weight excluding hydrogens is 500 g/mol. The van der Waals surface area contributed by atoms with Gasteiger partial charge in [-0.05, 0) is 50.5 Å². The number of amides is 1. The maximum Gasteiger partial charge on any atom is 0.243 e. The van der Waals surface area contributed by atoms with Gasteiger partial charge < -0.3 is 10.1 Å². The minimum absolute atomic E-state index is 0.200. The second-order valence-electron chi connectivity index (χ2n) is 9.62. The monoisotopic (exact) mass is 534 g/mol. The van der Waals surface area contributed by atoms with Crippen LogP contribution in [0.15, 0.2) is 58.8 Å². The maximum atomic E-state index is 13.7. The van der Waals surface area contributed by atoms with Gasteiger partial charge in [0.05, 0.1) is 12.0 Å². The van der Waals surface area contributed by atoms with E-state index < -0.39 is 31.3 Å². The van der Waals surface area contributed by atoms with Crippen molar-refractivity contribution in [1.29, 1.82) is 0 Å². The summed E-state index contributed by atoms with van der Waals surface area (Å²) >= 11 is 0. The maximum absolute atomic E-state index is 13.7. The van der Waals surface area contributed by atoms with E-state index in [1.165, 1.54) is 10.4 Å². The van der Waals surface area contributed by atoms with Gasteiger partial charge in [0, 0.05) is 41.8 Å². The zero-order valence-electron chi connectivity index (χ0n) is 21.3. The first-order valence-corrected chi connectivity index (χ1v) is 15.1. The zero-order valence-corrected chi connectivity index (χ0v) is 22.9. The molecule has 1 heterocycles. The summed E-state index contributed by atoms with van der Waals surface area (Å²) in [6.07, 6.45) is 3.21. The Morgan fingerprint density at radius 3 is 2.39 bits per heavy atom. The summed E-state index contributed by atoms with van der Waals surface area (Å²) in [5.41, 5.74) is 1.52. The van der Waals surface area contributed by atoms with Gasteiger partial charge in [0.15, 0.2) is 9.84 Å². The number of nitrogens with zero attached hydrogens (tertiary/aromatic N) is 1. The van der Waals surface area contributed by atoms with Gasteiger partial charge in [0.25, 0.3) is 0 Å². The standard InChI is InChI=1S/C26H34N2O6S2/c1-19-9-10-24(23(17-19)21-7-6-8-22(18-21)34-4)36(32,33)28-14-12-26(3,13-15-28)25(29)27-20(2)11-16-35(5,30)31/h6-11,16-18,20H,12-15H2,1-5H3,(H,27,29)/b16-11-/t20-/m0/s1. The Kier molecular flexibility index (Phi) is 8.32. The lowest BCUT2D eigenvalue weighted by atomic mass is 9.80. The van der Waals surface area contributed by atoms with Crippen molar-refractivity contribution in [3.8, 4) is 16.9 Å². The van der Waals surface area contributed by atoms with E-state index in [1.807, 2.05) is 44.2 Å². The lowest BCUT2D eigenvalue weighted by Gasteiger charge is -2.38. The number of aryl methyl sites for hydroxylation is 1. The molecule has 1 atom stereocenters. The van der Waals surface area contributed by atoms with Crippen LogP contribution in [0.25, 0.3) is 11.1 Å². The molecule has 0 spiro atoms. The fourth-order valence-electron chi connectivity index (χ4n) is 4.16. The first kappa shape index (κ1) is 27.9. The van der Waals surface area contributed by atoms with E-state index in [4.69, 9.17) is 4.74 Å². The third-order valence-electron chi connectivity index (χ3n) is 6.48. The summed E-state index contributed by atoms with van der Waals surface area (Å²) in [7, 11) is -5.54. The van der Waals surface area contributed by atoms with Crippen LogP contribution < -0.4 is 10.1 Å². The SMILES string of the molecule is COc1cccc(-c2cc(C)ccc2S(=O)(=O)N2CCC(C)(C(=O)N[C@@H](C)/C=C\S(C)(=O)=O)CC2)c1. The molecule has 10 heteroatoms. The van der Waals surface area contributed by atoms with E-state index >= 15 is 0 Å². The van der Waals surface area contributed by atoms with Crippen LogP contribution in [0.1, 0.15) is 32.3 Å². The van der Waals surface area contributed by atoms with Crippen LogP contribution in [-0.2, 0) is 24.7 Å². The molecule has 1 amide bonds. The van der Waals surface area contributed by atoms with Crippen LogP contribution in [-0.4, -0.2) is 59.5 Å². The molecule has 0 unspecified atom stereocenters. The van der Waals surface area contributed by atoms with Gasteiger partial charge in [-0.2, -0.15) is 4.31 Å². The van der Waals surface area contributed by atoms with Gasteiger partial charge in [0.2, 0.25) is 15.9 Å². The average molecular weight is 535 g/mol. The van der Waals surface area contributed by atoms with Crippen LogP contribution in [0.4, 0.5) is 0 Å². The number of carbonyl (C=O) groups excluding carboxylic acids is 1. The first-order chi connectivity index (χ1) is 16.7. The molecule has 0 bridgehead atoms. The molecule has 0 aliphatic carbocycles. The topological polar surface area (TPSA) is 110 Å². The molecule has 2 aromatic carbocycles. The number of methoxy groups -OCH3 is 1. The fraction of sp³-hybridized carbons (Fsp3) is 0.423. The number of sulfone groups is 1. The van der Waals surface area contributed by atoms with E-state index in [0.717, 1.165) is 22.8 Å². The van der Waals surface area contributed by atoms with Gasteiger partial charge in [-0.15, -0.1) is 0 Å². The summed E-state index contributed by atoms with van der Waals surface area (Å²) in [5.74, 6) is 0.412. The molecule has 0 aromatic heterocycles. The van der Waals surface area contributed by atoms with E-state index in [2.05, 4.69) is 5.32 Å². The molecule has 36 heavy (non-hydrogen) atoms. The van der Waals surface area contributed by atoms with E-state index in [1.54, 1.807) is 26.2 Å². The molecule has 3 rings (SSSR count). The second-order valence-corrected chi connectivity index (χ2v) is 13.5. The van der Waals surface area contributed by atoms with Crippen molar-refractivity contribution in [2.75, 3.05) is 26.5 Å². The molecule has 0 radical (unpaired) electrons.